The topological polar surface area (TPSA) is 118 Å². The van der Waals surface area contributed by atoms with Crippen LogP contribution in [0.3, 0.4) is 0 Å². The van der Waals surface area contributed by atoms with Gasteiger partial charge in [0, 0.05) is 31.3 Å². The summed E-state index contributed by atoms with van der Waals surface area (Å²) in [6.07, 6.45) is 2.34. The van der Waals surface area contributed by atoms with E-state index in [4.69, 9.17) is 23.4 Å². The van der Waals surface area contributed by atoms with Gasteiger partial charge in [0.25, 0.3) is 0 Å². The first-order valence-corrected chi connectivity index (χ1v) is 11.3. The molecule has 0 bridgehead atoms. The van der Waals surface area contributed by atoms with Crippen LogP contribution in [0.15, 0.2) is 28.9 Å². The van der Waals surface area contributed by atoms with Crippen LogP contribution in [0.1, 0.15) is 71.5 Å². The van der Waals surface area contributed by atoms with Crippen molar-refractivity contribution >= 4 is 29.5 Å². The van der Waals surface area contributed by atoms with Gasteiger partial charge < -0.3 is 23.4 Å². The van der Waals surface area contributed by atoms with Crippen LogP contribution in [0.2, 0.25) is 0 Å². The van der Waals surface area contributed by atoms with Crippen LogP contribution in [0.25, 0.3) is 5.57 Å². The SMILES string of the molecule is CCCC(=O)O[C@@H]1C(c2ccco2)=C[C@@](OC(=O)CCC)(C(=O)OC)C[C@H]1OC(=O)CCC. The van der Waals surface area contributed by atoms with Crippen molar-refractivity contribution in [1.29, 1.82) is 0 Å². The van der Waals surface area contributed by atoms with E-state index in [9.17, 15) is 19.2 Å². The average molecular weight is 465 g/mol. The molecule has 1 aliphatic carbocycles. The van der Waals surface area contributed by atoms with Gasteiger partial charge in [-0.05, 0) is 37.5 Å². The number of hydrogen-bond donors (Lipinski definition) is 0. The largest absolute Gasteiger partial charge is 0.466 e. The number of carbonyl (C=O) groups is 4. The average Bonchev–Trinajstić information content (AvgIpc) is 3.30. The molecule has 0 amide bonds. The normalized spacial score (nSPS) is 22.1. The predicted molar refractivity (Wildman–Crippen MR) is 117 cm³/mol. The van der Waals surface area contributed by atoms with Crippen molar-refractivity contribution in [2.75, 3.05) is 7.11 Å². The van der Waals surface area contributed by atoms with Crippen LogP contribution in [0.4, 0.5) is 0 Å². The van der Waals surface area contributed by atoms with E-state index in [-0.39, 0.29) is 37.0 Å². The number of hydrogen-bond acceptors (Lipinski definition) is 9. The molecule has 3 atom stereocenters. The molecule has 2 rings (SSSR count). The quantitative estimate of drug-likeness (QED) is 0.356. The molecule has 182 valence electrons. The first-order chi connectivity index (χ1) is 15.8. The number of esters is 4. The zero-order valence-corrected chi connectivity index (χ0v) is 19.6. The third-order valence-electron chi connectivity index (χ3n) is 5.07. The Morgan fingerprint density at radius 2 is 1.58 bits per heavy atom. The Kier molecular flexibility index (Phi) is 9.69. The summed E-state index contributed by atoms with van der Waals surface area (Å²) in [6, 6.07) is 3.23. The molecule has 9 nitrogen and oxygen atoms in total. The molecule has 1 aromatic rings. The predicted octanol–water partition coefficient (Wildman–Crippen LogP) is 3.75. The lowest BCUT2D eigenvalue weighted by Gasteiger charge is -2.39. The molecule has 1 aliphatic rings. The molecule has 0 radical (unpaired) electrons. The standard InChI is InChI=1S/C24H32O9/c1-5-9-19(25)31-18-15-24(23(28)29-4,33-21(27)11-7-3)14-16(17-12-8-13-30-17)22(18)32-20(26)10-6-2/h8,12-14,18,22H,5-7,9-11,15H2,1-4H3/t18-,22-,24+/m1/s1. The lowest BCUT2D eigenvalue weighted by molar-refractivity contribution is -0.186. The van der Waals surface area contributed by atoms with Crippen molar-refractivity contribution in [2.24, 2.45) is 0 Å². The fourth-order valence-corrected chi connectivity index (χ4v) is 3.62. The van der Waals surface area contributed by atoms with Crippen LogP contribution < -0.4 is 0 Å². The van der Waals surface area contributed by atoms with Crippen molar-refractivity contribution in [3.63, 3.8) is 0 Å². The van der Waals surface area contributed by atoms with Gasteiger partial charge in [-0.2, -0.15) is 0 Å². The maximum Gasteiger partial charge on any atom is 0.354 e. The molecule has 9 heteroatoms. The highest BCUT2D eigenvalue weighted by Crippen LogP contribution is 2.40. The summed E-state index contributed by atoms with van der Waals surface area (Å²) >= 11 is 0. The maximum absolute atomic E-state index is 12.9. The van der Waals surface area contributed by atoms with E-state index in [2.05, 4.69) is 0 Å². The van der Waals surface area contributed by atoms with Gasteiger partial charge in [-0.1, -0.05) is 20.8 Å². The summed E-state index contributed by atoms with van der Waals surface area (Å²) in [5.41, 5.74) is -1.63. The van der Waals surface area contributed by atoms with E-state index in [1.807, 2.05) is 13.8 Å². The summed E-state index contributed by atoms with van der Waals surface area (Å²) in [7, 11) is 1.17. The summed E-state index contributed by atoms with van der Waals surface area (Å²) in [5, 5.41) is 0. The minimum Gasteiger partial charge on any atom is -0.466 e. The summed E-state index contributed by atoms with van der Waals surface area (Å²) in [5.74, 6) is -2.20. The molecule has 33 heavy (non-hydrogen) atoms. The van der Waals surface area contributed by atoms with Gasteiger partial charge >= 0.3 is 23.9 Å². The first-order valence-electron chi connectivity index (χ1n) is 11.3. The number of methoxy groups -OCH3 is 1. The lowest BCUT2D eigenvalue weighted by atomic mass is 9.81. The minimum atomic E-state index is -1.88. The zero-order valence-electron chi connectivity index (χ0n) is 19.6. The molecule has 0 aromatic carbocycles. The van der Waals surface area contributed by atoms with Gasteiger partial charge in [0.2, 0.25) is 5.60 Å². The third kappa shape index (κ3) is 6.69. The minimum absolute atomic E-state index is 0.0812. The second-order valence-electron chi connectivity index (χ2n) is 7.83. The van der Waals surface area contributed by atoms with E-state index in [1.54, 1.807) is 19.1 Å². The van der Waals surface area contributed by atoms with Crippen LogP contribution in [-0.2, 0) is 38.1 Å². The Hall–Kier alpha value is -3.10. The Balaban J connectivity index is 2.61. The number of rotatable bonds is 11. The van der Waals surface area contributed by atoms with E-state index < -0.39 is 41.7 Å². The molecule has 0 aliphatic heterocycles. The van der Waals surface area contributed by atoms with Crippen molar-refractivity contribution in [3.8, 4) is 0 Å². The van der Waals surface area contributed by atoms with Crippen LogP contribution >= 0.6 is 0 Å². The third-order valence-corrected chi connectivity index (χ3v) is 5.07. The number of furan rings is 1. The lowest BCUT2D eigenvalue weighted by Crippen LogP contribution is -2.53. The fourth-order valence-electron chi connectivity index (χ4n) is 3.62. The molecular formula is C24H32O9. The van der Waals surface area contributed by atoms with Crippen LogP contribution in [0.5, 0.6) is 0 Å². The summed E-state index contributed by atoms with van der Waals surface area (Å²) < 4.78 is 27.4. The highest BCUT2D eigenvalue weighted by molar-refractivity contribution is 5.90. The Morgan fingerprint density at radius 1 is 0.970 bits per heavy atom. The van der Waals surface area contributed by atoms with Crippen molar-refractivity contribution in [3.05, 3.63) is 30.2 Å². The van der Waals surface area contributed by atoms with Gasteiger partial charge in [-0.15, -0.1) is 0 Å². The van der Waals surface area contributed by atoms with Crippen LogP contribution in [0, 0.1) is 0 Å². The van der Waals surface area contributed by atoms with Gasteiger partial charge in [0.1, 0.15) is 11.9 Å². The van der Waals surface area contributed by atoms with Crippen molar-refractivity contribution < 1.29 is 42.5 Å². The second-order valence-corrected chi connectivity index (χ2v) is 7.83. The van der Waals surface area contributed by atoms with Crippen molar-refractivity contribution in [1.82, 2.24) is 0 Å². The molecule has 0 N–H and O–H groups in total. The molecule has 0 fully saturated rings. The molecule has 1 aromatic heterocycles. The molecule has 1 heterocycles. The Bertz CT molecular complexity index is 855. The Labute approximate surface area is 193 Å². The fraction of sp³-hybridized carbons (Fsp3) is 0.583. The molecular weight excluding hydrogens is 432 g/mol. The van der Waals surface area contributed by atoms with E-state index in [0.29, 0.717) is 19.3 Å². The highest BCUT2D eigenvalue weighted by atomic mass is 16.6. The van der Waals surface area contributed by atoms with E-state index in [0.717, 1.165) is 0 Å². The van der Waals surface area contributed by atoms with E-state index in [1.165, 1.54) is 19.4 Å². The van der Waals surface area contributed by atoms with E-state index >= 15 is 0 Å². The van der Waals surface area contributed by atoms with Crippen molar-refractivity contribution in [2.45, 2.75) is 83.5 Å². The van der Waals surface area contributed by atoms with Gasteiger partial charge in [0.05, 0.1) is 13.4 Å². The van der Waals surface area contributed by atoms with Gasteiger partial charge in [-0.25, -0.2) is 4.79 Å². The molecule has 0 saturated carbocycles. The monoisotopic (exact) mass is 464 g/mol. The molecule has 0 spiro atoms. The zero-order chi connectivity index (χ0) is 24.4. The second kappa shape index (κ2) is 12.2. The number of carbonyl (C=O) groups excluding carboxylic acids is 4. The Morgan fingerprint density at radius 3 is 2.12 bits per heavy atom. The first kappa shape index (κ1) is 26.2. The summed E-state index contributed by atoms with van der Waals surface area (Å²) in [6.45, 7) is 5.45. The van der Waals surface area contributed by atoms with Crippen LogP contribution in [-0.4, -0.2) is 48.8 Å². The molecule has 0 unspecified atom stereocenters. The van der Waals surface area contributed by atoms with Gasteiger partial charge in [0.15, 0.2) is 6.10 Å². The smallest absolute Gasteiger partial charge is 0.354 e. The molecule has 0 saturated heterocycles. The van der Waals surface area contributed by atoms with Gasteiger partial charge in [-0.3, -0.25) is 14.4 Å². The summed E-state index contributed by atoms with van der Waals surface area (Å²) in [4.78, 5) is 50.1. The maximum atomic E-state index is 12.9. The number of ether oxygens (including phenoxy) is 4. The highest BCUT2D eigenvalue weighted by Gasteiger charge is 2.53.